The molecule has 120 valence electrons. The number of hydrogen-bond acceptors (Lipinski definition) is 2. The van der Waals surface area contributed by atoms with Crippen LogP contribution in [0.2, 0.25) is 10.0 Å². The van der Waals surface area contributed by atoms with Gasteiger partial charge in [-0.1, -0.05) is 41.4 Å². The summed E-state index contributed by atoms with van der Waals surface area (Å²) in [6, 6.07) is 12.8. The molecular weight excluding hydrogens is 333 g/mol. The molecule has 0 spiro atoms. The second-order valence-electron chi connectivity index (χ2n) is 5.01. The first-order valence-corrected chi connectivity index (χ1v) is 7.77. The summed E-state index contributed by atoms with van der Waals surface area (Å²) < 4.78 is 5.11. The lowest BCUT2D eigenvalue weighted by Crippen LogP contribution is -2.24. The van der Waals surface area contributed by atoms with Crippen molar-refractivity contribution in [3.8, 4) is 5.75 Å². The maximum Gasteiger partial charge on any atom is 0.246 e. The summed E-state index contributed by atoms with van der Waals surface area (Å²) in [7, 11) is 3.36. The Morgan fingerprint density at radius 3 is 2.30 bits per heavy atom. The SMILES string of the molecule is COc1ccc(CN(C)C(=O)/C=C/c2c(Cl)cccc2Cl)cc1. The lowest BCUT2D eigenvalue weighted by atomic mass is 10.2. The fourth-order valence-corrected chi connectivity index (χ4v) is 2.56. The van der Waals surface area contributed by atoms with E-state index in [9.17, 15) is 4.79 Å². The van der Waals surface area contributed by atoms with Gasteiger partial charge in [0.25, 0.3) is 0 Å². The standard InChI is InChI=1S/C18H17Cl2NO2/c1-21(12-13-6-8-14(23-2)9-7-13)18(22)11-10-15-16(19)4-3-5-17(15)20/h3-11H,12H2,1-2H3/b11-10+. The van der Waals surface area contributed by atoms with Gasteiger partial charge in [0.1, 0.15) is 5.75 Å². The van der Waals surface area contributed by atoms with Gasteiger partial charge in [0, 0.05) is 35.3 Å². The fraction of sp³-hybridized carbons (Fsp3) is 0.167. The minimum Gasteiger partial charge on any atom is -0.497 e. The van der Waals surface area contributed by atoms with E-state index < -0.39 is 0 Å². The van der Waals surface area contributed by atoms with Crippen LogP contribution in [0.15, 0.2) is 48.5 Å². The van der Waals surface area contributed by atoms with Crippen LogP contribution in [-0.4, -0.2) is 25.0 Å². The van der Waals surface area contributed by atoms with Gasteiger partial charge in [-0.3, -0.25) is 4.79 Å². The third kappa shape index (κ3) is 4.75. The molecule has 0 aliphatic rings. The summed E-state index contributed by atoms with van der Waals surface area (Å²) in [4.78, 5) is 13.8. The normalized spacial score (nSPS) is 10.8. The Morgan fingerprint density at radius 2 is 1.74 bits per heavy atom. The molecule has 0 saturated heterocycles. The summed E-state index contributed by atoms with van der Waals surface area (Å²) in [5.74, 6) is 0.660. The Morgan fingerprint density at radius 1 is 1.13 bits per heavy atom. The third-order valence-electron chi connectivity index (χ3n) is 3.35. The van der Waals surface area contributed by atoms with Crippen LogP contribution in [0.5, 0.6) is 5.75 Å². The smallest absolute Gasteiger partial charge is 0.246 e. The summed E-state index contributed by atoms with van der Waals surface area (Å²) >= 11 is 12.2. The zero-order valence-corrected chi connectivity index (χ0v) is 14.4. The molecule has 0 aromatic heterocycles. The van der Waals surface area contributed by atoms with Crippen LogP contribution in [0.4, 0.5) is 0 Å². The minimum absolute atomic E-state index is 0.128. The van der Waals surface area contributed by atoms with Gasteiger partial charge in [-0.25, -0.2) is 0 Å². The Bertz CT molecular complexity index is 691. The minimum atomic E-state index is -0.128. The highest BCUT2D eigenvalue weighted by molar-refractivity contribution is 6.37. The van der Waals surface area contributed by atoms with Gasteiger partial charge in [-0.05, 0) is 35.9 Å². The van der Waals surface area contributed by atoms with Crippen molar-refractivity contribution in [2.45, 2.75) is 6.54 Å². The average molecular weight is 350 g/mol. The van der Waals surface area contributed by atoms with Crippen LogP contribution in [0.25, 0.3) is 6.08 Å². The van der Waals surface area contributed by atoms with E-state index in [0.717, 1.165) is 11.3 Å². The van der Waals surface area contributed by atoms with Gasteiger partial charge in [0.15, 0.2) is 0 Å². The van der Waals surface area contributed by atoms with Gasteiger partial charge >= 0.3 is 0 Å². The lowest BCUT2D eigenvalue weighted by molar-refractivity contribution is -0.125. The van der Waals surface area contributed by atoms with E-state index in [-0.39, 0.29) is 5.91 Å². The number of likely N-dealkylation sites (N-methyl/N-ethyl adjacent to an activating group) is 1. The molecule has 0 aliphatic carbocycles. The van der Waals surface area contributed by atoms with E-state index in [1.54, 1.807) is 43.3 Å². The van der Waals surface area contributed by atoms with E-state index in [2.05, 4.69) is 0 Å². The molecule has 0 atom stereocenters. The van der Waals surface area contributed by atoms with Crippen LogP contribution in [0, 0.1) is 0 Å². The van der Waals surface area contributed by atoms with Gasteiger partial charge in [0.05, 0.1) is 7.11 Å². The molecule has 0 heterocycles. The van der Waals surface area contributed by atoms with E-state index in [1.165, 1.54) is 6.08 Å². The van der Waals surface area contributed by atoms with Crippen LogP contribution >= 0.6 is 23.2 Å². The number of ether oxygens (including phenoxy) is 1. The summed E-state index contributed by atoms with van der Waals surface area (Å²) in [6.45, 7) is 0.503. The summed E-state index contributed by atoms with van der Waals surface area (Å²) in [5, 5.41) is 1.03. The molecule has 2 rings (SSSR count). The van der Waals surface area contributed by atoms with E-state index in [1.807, 2.05) is 24.3 Å². The Balaban J connectivity index is 2.03. The highest BCUT2D eigenvalue weighted by Gasteiger charge is 2.07. The first kappa shape index (κ1) is 17.4. The molecule has 23 heavy (non-hydrogen) atoms. The second kappa shape index (κ2) is 8.04. The number of carbonyl (C=O) groups excluding carboxylic acids is 1. The summed E-state index contributed by atoms with van der Waals surface area (Å²) in [6.07, 6.45) is 3.11. The predicted octanol–water partition coefficient (Wildman–Crippen LogP) is 4.67. The van der Waals surface area contributed by atoms with Crippen LogP contribution in [-0.2, 0) is 11.3 Å². The summed E-state index contributed by atoms with van der Waals surface area (Å²) in [5.41, 5.74) is 1.66. The Kier molecular flexibility index (Phi) is 6.08. The van der Waals surface area contributed by atoms with Crippen molar-refractivity contribution in [1.82, 2.24) is 4.90 Å². The van der Waals surface area contributed by atoms with Crippen LogP contribution in [0.1, 0.15) is 11.1 Å². The number of benzene rings is 2. The van der Waals surface area contributed by atoms with Crippen molar-refractivity contribution in [2.24, 2.45) is 0 Å². The number of amides is 1. The largest absolute Gasteiger partial charge is 0.497 e. The highest BCUT2D eigenvalue weighted by atomic mass is 35.5. The van der Waals surface area contributed by atoms with Crippen molar-refractivity contribution in [2.75, 3.05) is 14.2 Å². The van der Waals surface area contributed by atoms with Crippen molar-refractivity contribution in [3.05, 3.63) is 69.7 Å². The third-order valence-corrected chi connectivity index (χ3v) is 4.01. The maximum atomic E-state index is 12.2. The molecule has 0 aliphatic heterocycles. The lowest BCUT2D eigenvalue weighted by Gasteiger charge is -2.15. The zero-order valence-electron chi connectivity index (χ0n) is 12.9. The quantitative estimate of drug-likeness (QED) is 0.733. The van der Waals surface area contributed by atoms with Crippen molar-refractivity contribution in [1.29, 1.82) is 0 Å². The molecule has 0 fully saturated rings. The van der Waals surface area contributed by atoms with Gasteiger partial charge in [-0.15, -0.1) is 0 Å². The number of nitrogens with zero attached hydrogens (tertiary/aromatic N) is 1. The molecule has 3 nitrogen and oxygen atoms in total. The van der Waals surface area contributed by atoms with Gasteiger partial charge in [0.2, 0.25) is 5.91 Å². The highest BCUT2D eigenvalue weighted by Crippen LogP contribution is 2.25. The molecule has 0 saturated carbocycles. The van der Waals surface area contributed by atoms with E-state index >= 15 is 0 Å². The molecule has 0 bridgehead atoms. The fourth-order valence-electron chi connectivity index (χ4n) is 2.03. The topological polar surface area (TPSA) is 29.5 Å². The molecule has 5 heteroatoms. The van der Waals surface area contributed by atoms with Crippen molar-refractivity contribution in [3.63, 3.8) is 0 Å². The van der Waals surface area contributed by atoms with Crippen LogP contribution < -0.4 is 4.74 Å². The van der Waals surface area contributed by atoms with Gasteiger partial charge in [-0.2, -0.15) is 0 Å². The van der Waals surface area contributed by atoms with E-state index in [0.29, 0.717) is 22.2 Å². The molecule has 0 radical (unpaired) electrons. The Hall–Kier alpha value is -1.97. The molecule has 1 amide bonds. The zero-order chi connectivity index (χ0) is 16.8. The molecular formula is C18H17Cl2NO2. The molecule has 2 aromatic rings. The van der Waals surface area contributed by atoms with Crippen molar-refractivity contribution >= 4 is 35.2 Å². The maximum absolute atomic E-state index is 12.2. The van der Waals surface area contributed by atoms with E-state index in [4.69, 9.17) is 27.9 Å². The Labute approximate surface area is 146 Å². The average Bonchev–Trinajstić information content (AvgIpc) is 2.54. The van der Waals surface area contributed by atoms with Crippen LogP contribution in [0.3, 0.4) is 0 Å². The number of carbonyl (C=O) groups is 1. The molecule has 2 aromatic carbocycles. The monoisotopic (exact) mass is 349 g/mol. The van der Waals surface area contributed by atoms with Crippen molar-refractivity contribution < 1.29 is 9.53 Å². The number of rotatable bonds is 5. The molecule has 0 N–H and O–H groups in total. The number of hydrogen-bond donors (Lipinski definition) is 0. The number of methoxy groups -OCH3 is 1. The number of halogens is 2. The molecule has 0 unspecified atom stereocenters. The first-order chi connectivity index (χ1) is 11.0. The second-order valence-corrected chi connectivity index (χ2v) is 5.83. The predicted molar refractivity (Wildman–Crippen MR) is 95.0 cm³/mol. The first-order valence-electron chi connectivity index (χ1n) is 7.01. The van der Waals surface area contributed by atoms with Gasteiger partial charge < -0.3 is 9.64 Å².